The average molecular weight is 382 g/mol. The predicted octanol–water partition coefficient (Wildman–Crippen LogP) is 4.00. The lowest BCUT2D eigenvalue weighted by Gasteiger charge is -2.12. The van der Waals surface area contributed by atoms with Crippen LogP contribution in [0.25, 0.3) is 11.3 Å². The second-order valence-electron chi connectivity index (χ2n) is 5.67. The first-order valence-electron chi connectivity index (χ1n) is 8.23. The van der Waals surface area contributed by atoms with Crippen molar-refractivity contribution in [3.05, 3.63) is 65.5 Å². The summed E-state index contributed by atoms with van der Waals surface area (Å²) in [4.78, 5) is 28.8. The topological polar surface area (TPSA) is 77.5 Å². The van der Waals surface area contributed by atoms with Crippen molar-refractivity contribution in [1.82, 2.24) is 4.98 Å². The zero-order chi connectivity index (χ0) is 19.2. The Hall–Kier alpha value is -3.19. The third kappa shape index (κ3) is 4.71. The number of carbonyl (C=O) groups is 2. The van der Waals surface area contributed by atoms with Gasteiger partial charge in [0.15, 0.2) is 11.2 Å². The van der Waals surface area contributed by atoms with Gasteiger partial charge in [0.25, 0.3) is 5.91 Å². The average Bonchev–Trinajstić information content (AvgIpc) is 3.17. The quantitative estimate of drug-likeness (QED) is 0.652. The van der Waals surface area contributed by atoms with Gasteiger partial charge in [0.1, 0.15) is 5.75 Å². The highest BCUT2D eigenvalue weighted by Gasteiger charge is 2.20. The number of thiazole rings is 1. The number of nitrogens with zero attached hydrogens (tertiary/aromatic N) is 1. The first-order chi connectivity index (χ1) is 13.1. The molecule has 2 aromatic carbocycles. The zero-order valence-corrected chi connectivity index (χ0v) is 15.7. The van der Waals surface area contributed by atoms with E-state index < -0.39 is 18.0 Å². The molecule has 1 heterocycles. The fourth-order valence-electron chi connectivity index (χ4n) is 2.29. The Morgan fingerprint density at radius 2 is 1.78 bits per heavy atom. The van der Waals surface area contributed by atoms with Crippen molar-refractivity contribution < 1.29 is 19.1 Å². The van der Waals surface area contributed by atoms with E-state index in [-0.39, 0.29) is 0 Å². The highest BCUT2D eigenvalue weighted by atomic mass is 32.1. The maximum Gasteiger partial charge on any atom is 0.338 e. The van der Waals surface area contributed by atoms with Gasteiger partial charge in [-0.05, 0) is 31.2 Å². The van der Waals surface area contributed by atoms with E-state index in [4.69, 9.17) is 9.47 Å². The van der Waals surface area contributed by atoms with Gasteiger partial charge >= 0.3 is 5.97 Å². The van der Waals surface area contributed by atoms with Gasteiger partial charge in [-0.25, -0.2) is 9.78 Å². The van der Waals surface area contributed by atoms with Crippen LogP contribution >= 0.6 is 11.3 Å². The largest absolute Gasteiger partial charge is 0.497 e. The molecule has 0 radical (unpaired) electrons. The van der Waals surface area contributed by atoms with Gasteiger partial charge in [0, 0.05) is 10.9 Å². The van der Waals surface area contributed by atoms with Crippen molar-refractivity contribution in [2.75, 3.05) is 12.4 Å². The lowest BCUT2D eigenvalue weighted by molar-refractivity contribution is -0.123. The van der Waals surface area contributed by atoms with Crippen LogP contribution in [0.3, 0.4) is 0 Å². The number of ether oxygens (including phenoxy) is 2. The molecule has 3 rings (SSSR count). The van der Waals surface area contributed by atoms with E-state index in [2.05, 4.69) is 10.3 Å². The predicted molar refractivity (Wildman–Crippen MR) is 104 cm³/mol. The number of hydrogen-bond donors (Lipinski definition) is 1. The van der Waals surface area contributed by atoms with Crippen LogP contribution < -0.4 is 10.1 Å². The number of benzene rings is 2. The van der Waals surface area contributed by atoms with Gasteiger partial charge in [-0.1, -0.05) is 30.3 Å². The summed E-state index contributed by atoms with van der Waals surface area (Å²) in [6.07, 6.45) is -0.955. The molecule has 1 aromatic heterocycles. The summed E-state index contributed by atoms with van der Waals surface area (Å²) in [5.41, 5.74) is 2.09. The summed E-state index contributed by atoms with van der Waals surface area (Å²) in [5, 5.41) is 4.99. The number of anilines is 1. The highest BCUT2D eigenvalue weighted by molar-refractivity contribution is 7.14. The van der Waals surface area contributed by atoms with Gasteiger partial charge in [0.05, 0.1) is 18.4 Å². The van der Waals surface area contributed by atoms with Crippen molar-refractivity contribution >= 4 is 28.3 Å². The summed E-state index contributed by atoms with van der Waals surface area (Å²) in [5.74, 6) is -0.384. The Labute approximate surface area is 160 Å². The van der Waals surface area contributed by atoms with Gasteiger partial charge in [-0.15, -0.1) is 11.3 Å². The van der Waals surface area contributed by atoms with Crippen LogP contribution in [-0.2, 0) is 9.53 Å². The maximum absolute atomic E-state index is 12.3. The summed E-state index contributed by atoms with van der Waals surface area (Å²) in [7, 11) is 1.54. The number of methoxy groups -OCH3 is 1. The van der Waals surface area contributed by atoms with E-state index in [9.17, 15) is 9.59 Å². The first-order valence-corrected chi connectivity index (χ1v) is 9.11. The molecule has 0 unspecified atom stereocenters. The minimum atomic E-state index is -0.955. The fraction of sp³-hybridized carbons (Fsp3) is 0.150. The van der Waals surface area contributed by atoms with Crippen molar-refractivity contribution in [3.8, 4) is 17.0 Å². The molecule has 0 saturated heterocycles. The molecule has 0 aliphatic heterocycles. The molecule has 6 nitrogen and oxygen atoms in total. The molecule has 0 aliphatic carbocycles. The molecule has 0 aliphatic rings. The van der Waals surface area contributed by atoms with Gasteiger partial charge < -0.3 is 9.47 Å². The van der Waals surface area contributed by atoms with E-state index >= 15 is 0 Å². The Bertz CT molecular complexity index is 923. The number of hydrogen-bond acceptors (Lipinski definition) is 6. The summed E-state index contributed by atoms with van der Waals surface area (Å²) in [6.45, 7) is 1.52. The molecule has 27 heavy (non-hydrogen) atoms. The first kappa shape index (κ1) is 18.6. The molecule has 1 amide bonds. The van der Waals surface area contributed by atoms with E-state index in [1.54, 1.807) is 31.4 Å². The minimum Gasteiger partial charge on any atom is -0.497 e. The number of carbonyl (C=O) groups excluding carboxylic acids is 2. The van der Waals surface area contributed by atoms with E-state index in [0.717, 1.165) is 11.3 Å². The monoisotopic (exact) mass is 382 g/mol. The standard InChI is InChI=1S/C20H18N2O4S/c1-13(26-19(24)15-8-10-16(25-2)11-9-15)18(23)22-20-21-17(12-27-20)14-6-4-3-5-7-14/h3-13H,1-2H3,(H,21,22,23)/t13-/m1/s1. The van der Waals surface area contributed by atoms with Gasteiger partial charge in [-0.2, -0.15) is 0 Å². The Morgan fingerprint density at radius 3 is 2.44 bits per heavy atom. The lowest BCUT2D eigenvalue weighted by Crippen LogP contribution is -2.29. The lowest BCUT2D eigenvalue weighted by atomic mass is 10.2. The zero-order valence-electron chi connectivity index (χ0n) is 14.8. The molecule has 0 spiro atoms. The maximum atomic E-state index is 12.3. The van der Waals surface area contributed by atoms with Crippen molar-refractivity contribution in [2.24, 2.45) is 0 Å². The Balaban J connectivity index is 1.59. The van der Waals surface area contributed by atoms with Crippen LogP contribution in [0.15, 0.2) is 60.0 Å². The second-order valence-corrected chi connectivity index (χ2v) is 6.53. The Morgan fingerprint density at radius 1 is 1.07 bits per heavy atom. The van der Waals surface area contributed by atoms with E-state index in [1.165, 1.54) is 18.3 Å². The normalized spacial score (nSPS) is 11.5. The van der Waals surface area contributed by atoms with Crippen LogP contribution in [0.4, 0.5) is 5.13 Å². The van der Waals surface area contributed by atoms with Crippen LogP contribution in [-0.4, -0.2) is 30.1 Å². The molecule has 0 fully saturated rings. The Kier molecular flexibility index (Phi) is 5.83. The second kappa shape index (κ2) is 8.46. The molecular formula is C20H18N2O4S. The SMILES string of the molecule is COc1ccc(C(=O)O[C@H](C)C(=O)Nc2nc(-c3ccccc3)cs2)cc1. The number of amides is 1. The van der Waals surface area contributed by atoms with Crippen LogP contribution in [0.1, 0.15) is 17.3 Å². The van der Waals surface area contributed by atoms with E-state index in [1.807, 2.05) is 35.7 Å². The molecule has 0 bridgehead atoms. The number of rotatable bonds is 6. The molecule has 0 saturated carbocycles. The minimum absolute atomic E-state index is 0.344. The van der Waals surface area contributed by atoms with Crippen molar-refractivity contribution in [3.63, 3.8) is 0 Å². The van der Waals surface area contributed by atoms with Crippen molar-refractivity contribution in [1.29, 1.82) is 0 Å². The molecule has 7 heteroatoms. The third-order valence-corrected chi connectivity index (χ3v) is 4.54. The molecule has 1 N–H and O–H groups in total. The van der Waals surface area contributed by atoms with Gasteiger partial charge in [-0.3, -0.25) is 10.1 Å². The molecular weight excluding hydrogens is 364 g/mol. The molecule has 1 atom stereocenters. The number of nitrogens with one attached hydrogen (secondary N) is 1. The summed E-state index contributed by atoms with van der Waals surface area (Å²) >= 11 is 1.31. The van der Waals surface area contributed by atoms with Crippen LogP contribution in [0, 0.1) is 0 Å². The highest BCUT2D eigenvalue weighted by Crippen LogP contribution is 2.24. The number of aromatic nitrogens is 1. The molecule has 138 valence electrons. The summed E-state index contributed by atoms with van der Waals surface area (Å²) in [6, 6.07) is 16.1. The smallest absolute Gasteiger partial charge is 0.338 e. The van der Waals surface area contributed by atoms with Crippen molar-refractivity contribution in [2.45, 2.75) is 13.0 Å². The van der Waals surface area contributed by atoms with Gasteiger partial charge in [0.2, 0.25) is 0 Å². The third-order valence-electron chi connectivity index (χ3n) is 3.78. The molecule has 3 aromatic rings. The summed E-state index contributed by atoms with van der Waals surface area (Å²) < 4.78 is 10.3. The van der Waals surface area contributed by atoms with Crippen LogP contribution in [0.5, 0.6) is 5.75 Å². The number of esters is 1. The fourth-order valence-corrected chi connectivity index (χ4v) is 3.01. The van der Waals surface area contributed by atoms with Crippen LogP contribution in [0.2, 0.25) is 0 Å². The van der Waals surface area contributed by atoms with E-state index in [0.29, 0.717) is 16.4 Å².